The number of nitrogens with zero attached hydrogens (tertiary/aromatic N) is 1. The summed E-state index contributed by atoms with van der Waals surface area (Å²) in [5, 5.41) is 6.31. The van der Waals surface area contributed by atoms with Crippen molar-refractivity contribution in [3.05, 3.63) is 59.7 Å². The van der Waals surface area contributed by atoms with Crippen LogP contribution in [0, 0.1) is 0 Å². The Balaban J connectivity index is 0.00000338. The van der Waals surface area contributed by atoms with Gasteiger partial charge in [-0.15, -0.1) is 24.0 Å². The highest BCUT2D eigenvalue weighted by Crippen LogP contribution is 2.17. The van der Waals surface area contributed by atoms with E-state index in [1.807, 2.05) is 30.3 Å². The molecule has 2 aromatic carbocycles. The van der Waals surface area contributed by atoms with Crippen molar-refractivity contribution in [2.45, 2.75) is 19.7 Å². The van der Waals surface area contributed by atoms with Crippen molar-refractivity contribution in [2.75, 3.05) is 14.2 Å². The van der Waals surface area contributed by atoms with Gasteiger partial charge < -0.3 is 20.1 Å². The largest absolute Gasteiger partial charge is 0.496 e. The fraction of sp³-hybridized carbons (Fsp3) is 0.278. The van der Waals surface area contributed by atoms with E-state index in [9.17, 15) is 8.78 Å². The van der Waals surface area contributed by atoms with E-state index in [0.29, 0.717) is 19.0 Å². The quantitative estimate of drug-likeness (QED) is 0.362. The van der Waals surface area contributed by atoms with E-state index in [0.717, 1.165) is 16.9 Å². The zero-order chi connectivity index (χ0) is 18.1. The van der Waals surface area contributed by atoms with E-state index >= 15 is 0 Å². The molecule has 0 aliphatic carbocycles. The Labute approximate surface area is 168 Å². The molecule has 0 radical (unpaired) electrons. The predicted octanol–water partition coefficient (Wildman–Crippen LogP) is 3.78. The van der Waals surface area contributed by atoms with Gasteiger partial charge in [-0.05, 0) is 23.8 Å². The van der Waals surface area contributed by atoms with E-state index in [-0.39, 0.29) is 29.7 Å². The maximum Gasteiger partial charge on any atom is 0.387 e. The number of benzene rings is 2. The second kappa shape index (κ2) is 11.5. The lowest BCUT2D eigenvalue weighted by Gasteiger charge is -2.14. The Bertz CT molecular complexity index is 714. The summed E-state index contributed by atoms with van der Waals surface area (Å²) in [6, 6.07) is 14.2. The van der Waals surface area contributed by atoms with Crippen LogP contribution in [-0.2, 0) is 13.1 Å². The molecule has 0 unspecified atom stereocenters. The summed E-state index contributed by atoms with van der Waals surface area (Å²) >= 11 is 0. The molecule has 2 rings (SSSR count). The van der Waals surface area contributed by atoms with Crippen LogP contribution >= 0.6 is 24.0 Å². The van der Waals surface area contributed by atoms with Crippen LogP contribution in [0.25, 0.3) is 0 Å². The number of guanidine groups is 1. The lowest BCUT2D eigenvalue weighted by atomic mass is 10.2. The maximum atomic E-state index is 12.3. The van der Waals surface area contributed by atoms with Gasteiger partial charge in [0.2, 0.25) is 0 Å². The number of rotatable bonds is 7. The fourth-order valence-corrected chi connectivity index (χ4v) is 2.27. The molecule has 142 valence electrons. The van der Waals surface area contributed by atoms with Gasteiger partial charge in [-0.3, -0.25) is 4.99 Å². The Morgan fingerprint density at radius 2 is 1.81 bits per heavy atom. The first kappa shape index (κ1) is 21.9. The summed E-state index contributed by atoms with van der Waals surface area (Å²) in [6.07, 6.45) is 0. The van der Waals surface area contributed by atoms with Gasteiger partial charge in [-0.25, -0.2) is 0 Å². The molecule has 0 fully saturated rings. The highest BCUT2D eigenvalue weighted by molar-refractivity contribution is 14.0. The fourth-order valence-electron chi connectivity index (χ4n) is 2.27. The number of aliphatic imine (C=N–C) groups is 1. The van der Waals surface area contributed by atoms with Crippen molar-refractivity contribution < 1.29 is 18.3 Å². The average Bonchev–Trinajstić information content (AvgIpc) is 2.62. The minimum Gasteiger partial charge on any atom is -0.496 e. The van der Waals surface area contributed by atoms with Gasteiger partial charge in [-0.2, -0.15) is 8.78 Å². The normalized spacial score (nSPS) is 10.9. The maximum absolute atomic E-state index is 12.3. The number of nitrogens with one attached hydrogen (secondary N) is 2. The Morgan fingerprint density at radius 1 is 1.08 bits per heavy atom. The van der Waals surface area contributed by atoms with Gasteiger partial charge in [0.15, 0.2) is 5.96 Å². The topological polar surface area (TPSA) is 54.9 Å². The van der Waals surface area contributed by atoms with Gasteiger partial charge in [0, 0.05) is 25.7 Å². The van der Waals surface area contributed by atoms with Crippen molar-refractivity contribution in [1.29, 1.82) is 0 Å². The summed E-state index contributed by atoms with van der Waals surface area (Å²) in [5.41, 5.74) is 1.80. The smallest absolute Gasteiger partial charge is 0.387 e. The molecule has 0 aliphatic rings. The van der Waals surface area contributed by atoms with E-state index in [2.05, 4.69) is 20.4 Å². The molecule has 0 saturated carbocycles. The van der Waals surface area contributed by atoms with Gasteiger partial charge in [0.05, 0.1) is 7.11 Å². The van der Waals surface area contributed by atoms with Crippen LogP contribution < -0.4 is 20.1 Å². The van der Waals surface area contributed by atoms with Crippen LogP contribution in [0.15, 0.2) is 53.5 Å². The zero-order valence-corrected chi connectivity index (χ0v) is 16.9. The molecule has 0 atom stereocenters. The second-order valence-corrected chi connectivity index (χ2v) is 5.12. The Hall–Kier alpha value is -2.10. The lowest BCUT2D eigenvalue weighted by molar-refractivity contribution is -0.0498. The molecule has 8 heteroatoms. The van der Waals surface area contributed by atoms with E-state index in [1.165, 1.54) is 6.07 Å². The molecule has 2 aromatic rings. The van der Waals surface area contributed by atoms with Gasteiger partial charge in [-0.1, -0.05) is 30.3 Å². The van der Waals surface area contributed by atoms with E-state index < -0.39 is 6.61 Å². The summed E-state index contributed by atoms with van der Waals surface area (Å²) < 4.78 is 34.2. The molecular formula is C18H22F2IN3O2. The van der Waals surface area contributed by atoms with Crippen LogP contribution in [0.3, 0.4) is 0 Å². The minimum absolute atomic E-state index is 0. The highest BCUT2D eigenvalue weighted by atomic mass is 127. The van der Waals surface area contributed by atoms with E-state index in [1.54, 1.807) is 26.3 Å². The van der Waals surface area contributed by atoms with Crippen molar-refractivity contribution >= 4 is 29.9 Å². The summed E-state index contributed by atoms with van der Waals surface area (Å²) in [5.74, 6) is 1.51. The van der Waals surface area contributed by atoms with Gasteiger partial charge >= 0.3 is 6.61 Å². The van der Waals surface area contributed by atoms with Crippen molar-refractivity contribution in [2.24, 2.45) is 4.99 Å². The number of para-hydroxylation sites is 1. The summed E-state index contributed by atoms with van der Waals surface area (Å²) in [4.78, 5) is 4.15. The number of hydrogen-bond donors (Lipinski definition) is 2. The molecule has 5 nitrogen and oxygen atoms in total. The molecule has 2 N–H and O–H groups in total. The van der Waals surface area contributed by atoms with Crippen molar-refractivity contribution in [3.63, 3.8) is 0 Å². The molecule has 0 heterocycles. The molecule has 0 aromatic heterocycles. The lowest BCUT2D eigenvalue weighted by Crippen LogP contribution is -2.36. The molecule has 0 aliphatic heterocycles. The first-order valence-corrected chi connectivity index (χ1v) is 7.72. The van der Waals surface area contributed by atoms with Crippen LogP contribution in [0.1, 0.15) is 11.1 Å². The van der Waals surface area contributed by atoms with Crippen LogP contribution in [-0.4, -0.2) is 26.7 Å². The highest BCUT2D eigenvalue weighted by Gasteiger charge is 2.06. The third-order valence-electron chi connectivity index (χ3n) is 3.45. The van der Waals surface area contributed by atoms with Gasteiger partial charge in [0.1, 0.15) is 11.5 Å². The van der Waals surface area contributed by atoms with Crippen molar-refractivity contribution in [3.8, 4) is 11.5 Å². The monoisotopic (exact) mass is 477 g/mol. The van der Waals surface area contributed by atoms with Crippen molar-refractivity contribution in [1.82, 2.24) is 10.6 Å². The number of halogens is 3. The predicted molar refractivity (Wildman–Crippen MR) is 109 cm³/mol. The minimum atomic E-state index is -2.83. The van der Waals surface area contributed by atoms with Crippen LogP contribution in [0.4, 0.5) is 8.78 Å². The van der Waals surface area contributed by atoms with E-state index in [4.69, 9.17) is 4.74 Å². The average molecular weight is 477 g/mol. The van der Waals surface area contributed by atoms with Gasteiger partial charge in [0.25, 0.3) is 0 Å². The number of methoxy groups -OCH3 is 1. The Kier molecular flexibility index (Phi) is 9.71. The number of hydrogen-bond acceptors (Lipinski definition) is 3. The molecule has 0 spiro atoms. The molecule has 0 saturated heterocycles. The number of alkyl halides is 2. The standard InChI is InChI=1S/C18H21F2N3O2.HI/c1-21-18(23-12-14-7-3-4-9-16(14)24-2)22-11-13-6-5-8-15(10-13)25-17(19)20;/h3-10,17H,11-12H2,1-2H3,(H2,21,22,23);1H. The molecule has 26 heavy (non-hydrogen) atoms. The first-order chi connectivity index (χ1) is 12.1. The number of ether oxygens (including phenoxy) is 2. The summed E-state index contributed by atoms with van der Waals surface area (Å²) in [6.45, 7) is -1.87. The molecule has 0 bridgehead atoms. The second-order valence-electron chi connectivity index (χ2n) is 5.12. The summed E-state index contributed by atoms with van der Waals surface area (Å²) in [7, 11) is 3.29. The van der Waals surface area contributed by atoms with Crippen LogP contribution in [0.2, 0.25) is 0 Å². The zero-order valence-electron chi connectivity index (χ0n) is 14.5. The third-order valence-corrected chi connectivity index (χ3v) is 3.45. The molecular weight excluding hydrogens is 455 g/mol. The SMILES string of the molecule is CN=C(NCc1cccc(OC(F)F)c1)NCc1ccccc1OC.I. The Morgan fingerprint density at radius 3 is 2.50 bits per heavy atom. The molecule has 0 amide bonds. The first-order valence-electron chi connectivity index (χ1n) is 7.72. The third kappa shape index (κ3) is 7.03. The van der Waals surface area contributed by atoms with Crippen LogP contribution in [0.5, 0.6) is 11.5 Å².